The largest absolute Gasteiger partial charge is 0.444 e. The third-order valence-corrected chi connectivity index (χ3v) is 3.22. The van der Waals surface area contributed by atoms with Crippen molar-refractivity contribution in [3.63, 3.8) is 0 Å². The Bertz CT molecular complexity index is 212. The minimum atomic E-state index is -0.422. The van der Waals surface area contributed by atoms with Crippen molar-refractivity contribution in [2.45, 2.75) is 53.2 Å². The number of nitrogens with one attached hydrogen (secondary N) is 1. The van der Waals surface area contributed by atoms with E-state index >= 15 is 0 Å². The Kier molecular flexibility index (Phi) is 6.88. The van der Waals surface area contributed by atoms with Gasteiger partial charge in [0.1, 0.15) is 5.60 Å². The molecule has 0 saturated carbocycles. The van der Waals surface area contributed by atoms with Crippen LogP contribution in [0.5, 0.6) is 0 Å². The summed E-state index contributed by atoms with van der Waals surface area (Å²) in [5, 5.41) is 2.83. The van der Waals surface area contributed by atoms with E-state index < -0.39 is 5.60 Å². The summed E-state index contributed by atoms with van der Waals surface area (Å²) in [4.78, 5) is 11.4. The number of amides is 1. The van der Waals surface area contributed by atoms with E-state index in [4.69, 9.17) is 4.74 Å². The molecule has 0 unspecified atom stereocenters. The maximum Gasteiger partial charge on any atom is 0.407 e. The molecule has 1 atom stereocenters. The summed E-state index contributed by atoms with van der Waals surface area (Å²) in [5.41, 5.74) is -0.422. The van der Waals surface area contributed by atoms with Gasteiger partial charge < -0.3 is 10.1 Å². The zero-order valence-electron chi connectivity index (χ0n) is 11.3. The van der Waals surface area contributed by atoms with E-state index in [9.17, 15) is 4.79 Å². The minimum Gasteiger partial charge on any atom is -0.444 e. The van der Waals surface area contributed by atoms with Crippen LogP contribution < -0.4 is 5.32 Å². The molecule has 0 aliphatic heterocycles. The summed E-state index contributed by atoms with van der Waals surface area (Å²) >= 11 is 1.86. The molecule has 0 heterocycles. The number of rotatable bonds is 5. The van der Waals surface area contributed by atoms with E-state index in [1.54, 1.807) is 0 Å². The predicted molar refractivity (Wildman–Crippen MR) is 71.0 cm³/mol. The van der Waals surface area contributed by atoms with Crippen LogP contribution in [-0.4, -0.2) is 29.2 Å². The number of carbonyl (C=O) groups is 1. The van der Waals surface area contributed by atoms with Crippen LogP contribution in [0.15, 0.2) is 0 Å². The first kappa shape index (κ1) is 15.6. The molecule has 0 radical (unpaired) electrons. The molecular weight excluding hydrogens is 222 g/mol. The predicted octanol–water partition coefficient (Wildman–Crippen LogP) is 3.29. The van der Waals surface area contributed by atoms with Gasteiger partial charge in [0.25, 0.3) is 0 Å². The maximum atomic E-state index is 11.4. The van der Waals surface area contributed by atoms with Crippen LogP contribution in [0.2, 0.25) is 0 Å². The molecule has 1 amide bonds. The fourth-order valence-electron chi connectivity index (χ4n) is 1.03. The Hall–Kier alpha value is -0.380. The average Bonchev–Trinajstić information content (AvgIpc) is 1.98. The third-order valence-electron chi connectivity index (χ3n) is 1.58. The van der Waals surface area contributed by atoms with E-state index in [-0.39, 0.29) is 12.1 Å². The van der Waals surface area contributed by atoms with Crippen molar-refractivity contribution in [1.29, 1.82) is 0 Å². The second-order valence-electron chi connectivity index (χ2n) is 5.48. The normalized spacial score (nSPS) is 13.7. The molecule has 0 aromatic heterocycles. The summed E-state index contributed by atoms with van der Waals surface area (Å²) in [6.07, 6.45) is -0.329. The lowest BCUT2D eigenvalue weighted by Gasteiger charge is -2.21. The molecule has 0 rings (SSSR count). The zero-order valence-corrected chi connectivity index (χ0v) is 12.1. The van der Waals surface area contributed by atoms with Gasteiger partial charge in [0, 0.05) is 11.8 Å². The quantitative estimate of drug-likeness (QED) is 0.810. The second-order valence-corrected chi connectivity index (χ2v) is 6.55. The Labute approximate surface area is 104 Å². The molecule has 0 spiro atoms. The van der Waals surface area contributed by atoms with Gasteiger partial charge in [0.15, 0.2) is 0 Å². The summed E-state index contributed by atoms with van der Waals surface area (Å²) in [6.45, 7) is 12.0. The van der Waals surface area contributed by atoms with E-state index in [1.165, 1.54) is 0 Å². The van der Waals surface area contributed by atoms with Crippen LogP contribution in [0.4, 0.5) is 4.79 Å². The number of ether oxygens (including phenoxy) is 1. The molecule has 0 aliphatic rings. The van der Waals surface area contributed by atoms with Crippen molar-refractivity contribution in [1.82, 2.24) is 5.32 Å². The van der Waals surface area contributed by atoms with Crippen molar-refractivity contribution in [2.75, 3.05) is 11.5 Å². The number of hydrogen-bond acceptors (Lipinski definition) is 3. The lowest BCUT2D eigenvalue weighted by atomic mass is 10.2. The highest BCUT2D eigenvalue weighted by atomic mass is 32.2. The summed E-state index contributed by atoms with van der Waals surface area (Å²) in [7, 11) is 0. The fourth-order valence-corrected chi connectivity index (χ4v) is 2.08. The molecule has 0 aromatic rings. The highest BCUT2D eigenvalue weighted by molar-refractivity contribution is 7.99. The monoisotopic (exact) mass is 247 g/mol. The number of hydrogen-bond donors (Lipinski definition) is 1. The molecule has 16 heavy (non-hydrogen) atoms. The Balaban J connectivity index is 3.70. The average molecular weight is 247 g/mol. The van der Waals surface area contributed by atoms with E-state index in [0.29, 0.717) is 5.92 Å². The first-order valence-corrected chi connectivity index (χ1v) is 6.93. The molecule has 0 aliphatic carbocycles. The van der Waals surface area contributed by atoms with Gasteiger partial charge in [-0.25, -0.2) is 4.79 Å². The maximum absolute atomic E-state index is 11.4. The smallest absolute Gasteiger partial charge is 0.407 e. The van der Waals surface area contributed by atoms with E-state index in [1.807, 2.05) is 39.5 Å². The zero-order chi connectivity index (χ0) is 12.8. The van der Waals surface area contributed by atoms with Crippen molar-refractivity contribution in [3.05, 3.63) is 0 Å². The molecule has 3 nitrogen and oxygen atoms in total. The van der Waals surface area contributed by atoms with Gasteiger partial charge in [-0.15, -0.1) is 0 Å². The van der Waals surface area contributed by atoms with Crippen LogP contribution in [0.25, 0.3) is 0 Å². The van der Waals surface area contributed by atoms with Crippen LogP contribution >= 0.6 is 11.8 Å². The standard InChI is InChI=1S/C12H25NO2S/c1-9(2)7-16-8-10(3)13-11(14)15-12(4,5)6/h9-10H,7-8H2,1-6H3,(H,13,14)/t10-/m1/s1. The van der Waals surface area contributed by atoms with Crippen molar-refractivity contribution in [2.24, 2.45) is 5.92 Å². The molecule has 96 valence electrons. The van der Waals surface area contributed by atoms with Gasteiger partial charge in [-0.2, -0.15) is 11.8 Å². The van der Waals surface area contributed by atoms with Crippen molar-refractivity contribution < 1.29 is 9.53 Å². The Morgan fingerprint density at radius 2 is 1.81 bits per heavy atom. The minimum absolute atomic E-state index is 0.151. The Morgan fingerprint density at radius 3 is 2.25 bits per heavy atom. The second kappa shape index (κ2) is 7.05. The van der Waals surface area contributed by atoms with Gasteiger partial charge in [-0.3, -0.25) is 0 Å². The molecule has 0 bridgehead atoms. The fraction of sp³-hybridized carbons (Fsp3) is 0.917. The molecule has 1 N–H and O–H groups in total. The van der Waals surface area contributed by atoms with Gasteiger partial charge in [0.05, 0.1) is 0 Å². The molecule has 4 heteroatoms. The SMILES string of the molecule is CC(C)CSC[C@@H](C)NC(=O)OC(C)(C)C. The highest BCUT2D eigenvalue weighted by Crippen LogP contribution is 2.10. The van der Waals surface area contributed by atoms with Crippen LogP contribution in [-0.2, 0) is 4.74 Å². The topological polar surface area (TPSA) is 38.3 Å². The van der Waals surface area contributed by atoms with Crippen molar-refractivity contribution in [3.8, 4) is 0 Å². The van der Waals surface area contributed by atoms with E-state index in [2.05, 4.69) is 19.2 Å². The summed E-state index contributed by atoms with van der Waals surface area (Å²) < 4.78 is 5.18. The lowest BCUT2D eigenvalue weighted by molar-refractivity contribution is 0.0513. The molecule has 0 saturated heterocycles. The lowest BCUT2D eigenvalue weighted by Crippen LogP contribution is -2.38. The van der Waals surface area contributed by atoms with Crippen LogP contribution in [0, 0.1) is 5.92 Å². The summed E-state index contributed by atoms with van der Waals surface area (Å²) in [6, 6.07) is 0.151. The van der Waals surface area contributed by atoms with Gasteiger partial charge in [-0.05, 0) is 39.4 Å². The molecule has 0 fully saturated rings. The number of thioether (sulfide) groups is 1. The van der Waals surface area contributed by atoms with Crippen molar-refractivity contribution >= 4 is 17.9 Å². The highest BCUT2D eigenvalue weighted by Gasteiger charge is 2.17. The summed E-state index contributed by atoms with van der Waals surface area (Å²) in [5.74, 6) is 2.75. The van der Waals surface area contributed by atoms with Gasteiger partial charge in [-0.1, -0.05) is 13.8 Å². The molecule has 0 aromatic carbocycles. The first-order chi connectivity index (χ1) is 7.20. The van der Waals surface area contributed by atoms with Crippen LogP contribution in [0.3, 0.4) is 0 Å². The third kappa shape index (κ3) is 10.1. The first-order valence-electron chi connectivity index (χ1n) is 5.78. The molecular formula is C12H25NO2S. The van der Waals surface area contributed by atoms with Gasteiger partial charge >= 0.3 is 6.09 Å². The van der Waals surface area contributed by atoms with Crippen LogP contribution in [0.1, 0.15) is 41.5 Å². The number of alkyl carbamates (subject to hydrolysis) is 1. The van der Waals surface area contributed by atoms with E-state index in [0.717, 1.165) is 11.5 Å². The Morgan fingerprint density at radius 1 is 1.25 bits per heavy atom. The number of carbonyl (C=O) groups excluding carboxylic acids is 1. The van der Waals surface area contributed by atoms with Gasteiger partial charge in [0.2, 0.25) is 0 Å².